The molecule has 108 valence electrons. The van der Waals surface area contributed by atoms with Crippen LogP contribution in [-0.2, 0) is 13.1 Å². The number of nitrogens with zero attached hydrogens (tertiary/aromatic N) is 2. The maximum absolute atomic E-state index is 6.00. The minimum atomic E-state index is 0.823. The van der Waals surface area contributed by atoms with E-state index >= 15 is 0 Å². The lowest BCUT2D eigenvalue weighted by Crippen LogP contribution is -2.21. The smallest absolute Gasteiger partial charge is 0.133 e. The maximum atomic E-state index is 6.00. The summed E-state index contributed by atoms with van der Waals surface area (Å²) in [6, 6.07) is 6.15. The second-order valence-electron chi connectivity index (χ2n) is 4.97. The predicted molar refractivity (Wildman–Crippen MR) is 87.9 cm³/mol. The Hall–Kier alpha value is -1.10. The van der Waals surface area contributed by atoms with Crippen LogP contribution in [0, 0.1) is 13.8 Å². The number of thiophene rings is 1. The third-order valence-electron chi connectivity index (χ3n) is 3.19. The van der Waals surface area contributed by atoms with Crippen molar-refractivity contribution in [2.45, 2.75) is 26.9 Å². The van der Waals surface area contributed by atoms with E-state index in [4.69, 9.17) is 16.6 Å². The molecule has 0 aromatic carbocycles. The van der Waals surface area contributed by atoms with Crippen LogP contribution in [0.5, 0.6) is 0 Å². The summed E-state index contributed by atoms with van der Waals surface area (Å²) < 4.78 is 0.831. The van der Waals surface area contributed by atoms with Crippen LogP contribution < -0.4 is 10.2 Å². The number of anilines is 1. The highest BCUT2D eigenvalue weighted by molar-refractivity contribution is 7.16. The van der Waals surface area contributed by atoms with Gasteiger partial charge in [-0.25, -0.2) is 4.98 Å². The minimum absolute atomic E-state index is 0.823. The highest BCUT2D eigenvalue weighted by Gasteiger charge is 2.13. The van der Waals surface area contributed by atoms with Gasteiger partial charge in [-0.05, 0) is 44.7 Å². The third kappa shape index (κ3) is 3.51. The van der Waals surface area contributed by atoms with Gasteiger partial charge in [0.05, 0.1) is 10.9 Å². The average Bonchev–Trinajstić information content (AvgIpc) is 2.77. The first kappa shape index (κ1) is 15.3. The summed E-state index contributed by atoms with van der Waals surface area (Å²) in [5, 5.41) is 3.22. The van der Waals surface area contributed by atoms with Gasteiger partial charge >= 0.3 is 0 Å². The summed E-state index contributed by atoms with van der Waals surface area (Å²) in [4.78, 5) is 8.15. The van der Waals surface area contributed by atoms with Gasteiger partial charge in [0, 0.05) is 29.7 Å². The van der Waals surface area contributed by atoms with Gasteiger partial charge in [-0.2, -0.15) is 0 Å². The van der Waals surface area contributed by atoms with E-state index in [1.54, 1.807) is 11.3 Å². The molecule has 0 unspecified atom stereocenters. The lowest BCUT2D eigenvalue weighted by atomic mass is 10.1. The molecule has 0 aliphatic heterocycles. The lowest BCUT2D eigenvalue weighted by molar-refractivity contribution is 0.788. The average molecular weight is 310 g/mol. The molecule has 2 rings (SSSR count). The van der Waals surface area contributed by atoms with E-state index in [-0.39, 0.29) is 0 Å². The van der Waals surface area contributed by atoms with Crippen molar-refractivity contribution in [3.63, 3.8) is 0 Å². The molecule has 2 aromatic heterocycles. The molecule has 0 radical (unpaired) electrons. The van der Waals surface area contributed by atoms with Crippen LogP contribution in [0.3, 0.4) is 0 Å². The van der Waals surface area contributed by atoms with E-state index in [1.807, 2.05) is 20.0 Å². The van der Waals surface area contributed by atoms with Crippen LogP contribution in [-0.4, -0.2) is 19.1 Å². The van der Waals surface area contributed by atoms with Crippen molar-refractivity contribution in [2.24, 2.45) is 0 Å². The van der Waals surface area contributed by atoms with Crippen LogP contribution in [0.1, 0.15) is 21.7 Å². The Morgan fingerprint density at radius 3 is 2.70 bits per heavy atom. The van der Waals surface area contributed by atoms with Crippen molar-refractivity contribution in [1.82, 2.24) is 10.3 Å². The van der Waals surface area contributed by atoms with E-state index in [2.05, 4.69) is 36.3 Å². The Morgan fingerprint density at radius 2 is 2.10 bits per heavy atom. The van der Waals surface area contributed by atoms with E-state index in [9.17, 15) is 0 Å². The molecule has 5 heteroatoms. The van der Waals surface area contributed by atoms with Gasteiger partial charge in [-0.15, -0.1) is 11.3 Å². The van der Waals surface area contributed by atoms with Crippen molar-refractivity contribution >= 4 is 28.8 Å². The zero-order valence-electron chi connectivity index (χ0n) is 12.3. The summed E-state index contributed by atoms with van der Waals surface area (Å²) in [5.41, 5.74) is 3.58. The normalized spacial score (nSPS) is 10.8. The summed E-state index contributed by atoms with van der Waals surface area (Å²) in [6.07, 6.45) is 0. The SMILES string of the molecule is CNCc1c(C)cc(C)nc1N(C)Cc1ccc(Cl)s1. The van der Waals surface area contributed by atoms with Crippen LogP contribution >= 0.6 is 22.9 Å². The molecule has 0 aliphatic carbocycles. The van der Waals surface area contributed by atoms with Crippen LogP contribution in [0.2, 0.25) is 4.34 Å². The molecule has 0 spiro atoms. The van der Waals surface area contributed by atoms with Crippen molar-refractivity contribution in [3.05, 3.63) is 44.2 Å². The first-order chi connectivity index (χ1) is 9.51. The predicted octanol–water partition coefficient (Wildman–Crippen LogP) is 3.77. The Kier molecular flexibility index (Phi) is 5.02. The monoisotopic (exact) mass is 309 g/mol. The molecule has 0 atom stereocenters. The highest BCUT2D eigenvalue weighted by Crippen LogP contribution is 2.26. The largest absolute Gasteiger partial charge is 0.354 e. The lowest BCUT2D eigenvalue weighted by Gasteiger charge is -2.22. The van der Waals surface area contributed by atoms with Crippen molar-refractivity contribution in [1.29, 1.82) is 0 Å². The van der Waals surface area contributed by atoms with E-state index in [1.165, 1.54) is 16.0 Å². The number of halogens is 1. The summed E-state index contributed by atoms with van der Waals surface area (Å²) in [5.74, 6) is 1.04. The first-order valence-corrected chi connectivity index (χ1v) is 7.77. The number of aryl methyl sites for hydroxylation is 2. The van der Waals surface area contributed by atoms with Gasteiger partial charge in [0.25, 0.3) is 0 Å². The summed E-state index contributed by atoms with van der Waals surface area (Å²) in [6.45, 7) is 5.82. The number of hydrogen-bond donors (Lipinski definition) is 1. The van der Waals surface area contributed by atoms with Gasteiger partial charge in [0.1, 0.15) is 5.82 Å². The molecule has 3 nitrogen and oxygen atoms in total. The molecule has 0 bridgehead atoms. The molecule has 0 saturated heterocycles. The molecule has 1 N–H and O–H groups in total. The molecule has 0 saturated carbocycles. The summed E-state index contributed by atoms with van der Waals surface area (Å²) in [7, 11) is 4.04. The van der Waals surface area contributed by atoms with E-state index in [0.29, 0.717) is 0 Å². The van der Waals surface area contributed by atoms with E-state index < -0.39 is 0 Å². The van der Waals surface area contributed by atoms with Crippen LogP contribution in [0.25, 0.3) is 0 Å². The fraction of sp³-hybridized carbons (Fsp3) is 0.400. The van der Waals surface area contributed by atoms with Crippen LogP contribution in [0.15, 0.2) is 18.2 Å². The zero-order chi connectivity index (χ0) is 14.7. The van der Waals surface area contributed by atoms with Gasteiger partial charge in [0.15, 0.2) is 0 Å². The second kappa shape index (κ2) is 6.57. The number of pyridine rings is 1. The topological polar surface area (TPSA) is 28.2 Å². The molecule has 0 fully saturated rings. The molecule has 2 heterocycles. The van der Waals surface area contributed by atoms with Crippen molar-refractivity contribution < 1.29 is 0 Å². The zero-order valence-corrected chi connectivity index (χ0v) is 13.9. The standard InChI is InChI=1S/C15H20ClN3S/c1-10-7-11(2)18-15(13(10)8-17-3)19(4)9-12-5-6-14(16)20-12/h5-7,17H,8-9H2,1-4H3. The van der Waals surface area contributed by atoms with E-state index in [0.717, 1.165) is 28.9 Å². The number of rotatable bonds is 5. The number of aromatic nitrogens is 1. The van der Waals surface area contributed by atoms with Gasteiger partial charge in [-0.3, -0.25) is 0 Å². The molecular weight excluding hydrogens is 290 g/mol. The molecule has 0 amide bonds. The fourth-order valence-corrected chi connectivity index (χ4v) is 3.44. The molecule has 20 heavy (non-hydrogen) atoms. The summed E-state index contributed by atoms with van der Waals surface area (Å²) >= 11 is 7.61. The molecule has 0 aliphatic rings. The van der Waals surface area contributed by atoms with Gasteiger partial charge in [-0.1, -0.05) is 11.6 Å². The Balaban J connectivity index is 2.30. The fourth-order valence-electron chi connectivity index (χ4n) is 2.30. The second-order valence-corrected chi connectivity index (χ2v) is 6.77. The molecule has 2 aromatic rings. The Bertz CT molecular complexity index is 595. The highest BCUT2D eigenvalue weighted by atomic mass is 35.5. The first-order valence-electron chi connectivity index (χ1n) is 6.58. The number of hydrogen-bond acceptors (Lipinski definition) is 4. The quantitative estimate of drug-likeness (QED) is 0.911. The Morgan fingerprint density at radius 1 is 1.35 bits per heavy atom. The van der Waals surface area contributed by atoms with Gasteiger partial charge in [0.2, 0.25) is 0 Å². The van der Waals surface area contributed by atoms with Crippen LogP contribution in [0.4, 0.5) is 5.82 Å². The van der Waals surface area contributed by atoms with Crippen molar-refractivity contribution in [2.75, 3.05) is 19.0 Å². The molecular formula is C15H20ClN3S. The van der Waals surface area contributed by atoms with Gasteiger partial charge < -0.3 is 10.2 Å². The minimum Gasteiger partial charge on any atom is -0.354 e. The Labute approximate surface area is 129 Å². The maximum Gasteiger partial charge on any atom is 0.133 e. The third-order valence-corrected chi connectivity index (χ3v) is 4.41. The van der Waals surface area contributed by atoms with Crippen molar-refractivity contribution in [3.8, 4) is 0 Å². The number of nitrogens with one attached hydrogen (secondary N) is 1.